The van der Waals surface area contributed by atoms with Gasteiger partial charge in [0.2, 0.25) is 0 Å². The average Bonchev–Trinajstić information content (AvgIpc) is 3.35. The Kier molecular flexibility index (Phi) is 5.10. The number of amides is 1. The molecular weight excluding hydrogens is 358 g/mol. The Balaban J connectivity index is 1.39. The number of rotatable bonds is 7. The van der Waals surface area contributed by atoms with E-state index in [0.717, 1.165) is 37.3 Å². The average molecular weight is 381 g/mol. The van der Waals surface area contributed by atoms with Crippen LogP contribution >= 0.6 is 0 Å². The van der Waals surface area contributed by atoms with Crippen LogP contribution in [-0.2, 0) is 6.54 Å². The molecule has 8 nitrogen and oxygen atoms in total. The molecule has 1 saturated carbocycles. The first kappa shape index (κ1) is 18.2. The summed E-state index contributed by atoms with van der Waals surface area (Å²) in [4.78, 5) is 30.0. The van der Waals surface area contributed by atoms with Gasteiger partial charge in [-0.05, 0) is 49.4 Å². The molecule has 2 aliphatic rings. The highest BCUT2D eigenvalue weighted by Crippen LogP contribution is 2.31. The summed E-state index contributed by atoms with van der Waals surface area (Å²) in [5, 5.41) is 17.3. The number of nitrogens with one attached hydrogen (secondary N) is 2. The van der Waals surface area contributed by atoms with E-state index in [1.54, 1.807) is 18.3 Å². The smallest absolute Gasteiger partial charge is 0.293 e. The van der Waals surface area contributed by atoms with E-state index in [1.165, 1.54) is 18.9 Å². The Morgan fingerprint density at radius 2 is 2.00 bits per heavy atom. The minimum absolute atomic E-state index is 0.0730. The summed E-state index contributed by atoms with van der Waals surface area (Å²) in [5.74, 6) is 0.617. The largest absolute Gasteiger partial charge is 0.377 e. The summed E-state index contributed by atoms with van der Waals surface area (Å²) in [6, 6.07) is 8.77. The van der Waals surface area contributed by atoms with Crippen LogP contribution in [0.5, 0.6) is 0 Å². The predicted octanol–water partition coefficient (Wildman–Crippen LogP) is 3.09. The highest BCUT2D eigenvalue weighted by atomic mass is 16.6. The van der Waals surface area contributed by atoms with Gasteiger partial charge in [-0.1, -0.05) is 6.07 Å². The van der Waals surface area contributed by atoms with E-state index in [-0.39, 0.29) is 17.2 Å². The van der Waals surface area contributed by atoms with Crippen molar-refractivity contribution in [3.8, 4) is 0 Å². The molecule has 1 aromatic heterocycles. The normalized spacial score (nSPS) is 16.1. The van der Waals surface area contributed by atoms with E-state index in [2.05, 4.69) is 20.5 Å². The Hall–Kier alpha value is -3.16. The summed E-state index contributed by atoms with van der Waals surface area (Å²) in [6.07, 6.45) is 6.19. The van der Waals surface area contributed by atoms with Crippen molar-refractivity contribution in [2.45, 2.75) is 38.3 Å². The quantitative estimate of drug-likeness (QED) is 0.565. The SMILES string of the molecule is O=C(NCc1ccc(N2CCCC2)nc1)c1ccc(NC2CC2)c([N+](=O)[O-])c1. The first-order chi connectivity index (χ1) is 13.6. The molecule has 2 heterocycles. The van der Waals surface area contributed by atoms with Crippen molar-refractivity contribution in [1.82, 2.24) is 10.3 Å². The lowest BCUT2D eigenvalue weighted by Gasteiger charge is -2.16. The second-order valence-corrected chi connectivity index (χ2v) is 7.31. The molecule has 1 amide bonds. The molecule has 8 heteroatoms. The fourth-order valence-electron chi connectivity index (χ4n) is 3.33. The van der Waals surface area contributed by atoms with Crippen LogP contribution in [0.1, 0.15) is 41.6 Å². The van der Waals surface area contributed by atoms with Crippen molar-refractivity contribution in [2.24, 2.45) is 0 Å². The third-order valence-electron chi connectivity index (χ3n) is 5.09. The Labute approximate surface area is 163 Å². The van der Waals surface area contributed by atoms with Gasteiger partial charge < -0.3 is 15.5 Å². The number of hydrogen-bond acceptors (Lipinski definition) is 6. The van der Waals surface area contributed by atoms with E-state index < -0.39 is 4.92 Å². The summed E-state index contributed by atoms with van der Waals surface area (Å²) in [5.41, 5.74) is 1.55. The number of pyridine rings is 1. The number of nitrogens with zero attached hydrogens (tertiary/aromatic N) is 3. The number of hydrogen-bond donors (Lipinski definition) is 2. The van der Waals surface area contributed by atoms with Gasteiger partial charge in [-0.2, -0.15) is 0 Å². The summed E-state index contributed by atoms with van der Waals surface area (Å²) >= 11 is 0. The lowest BCUT2D eigenvalue weighted by molar-refractivity contribution is -0.384. The molecule has 2 fully saturated rings. The molecule has 1 aliphatic heterocycles. The zero-order chi connectivity index (χ0) is 19.5. The van der Waals surface area contributed by atoms with E-state index in [4.69, 9.17) is 0 Å². The van der Waals surface area contributed by atoms with Crippen molar-refractivity contribution in [3.63, 3.8) is 0 Å². The van der Waals surface area contributed by atoms with Crippen LogP contribution in [0.3, 0.4) is 0 Å². The number of nitro groups is 1. The summed E-state index contributed by atoms with van der Waals surface area (Å²) in [7, 11) is 0. The van der Waals surface area contributed by atoms with Gasteiger partial charge in [0.25, 0.3) is 11.6 Å². The van der Waals surface area contributed by atoms with Gasteiger partial charge in [-0.15, -0.1) is 0 Å². The number of benzene rings is 1. The van der Waals surface area contributed by atoms with Gasteiger partial charge in [-0.25, -0.2) is 4.98 Å². The lowest BCUT2D eigenvalue weighted by Crippen LogP contribution is -2.23. The summed E-state index contributed by atoms with van der Waals surface area (Å²) < 4.78 is 0. The van der Waals surface area contributed by atoms with Gasteiger partial charge >= 0.3 is 0 Å². The van der Waals surface area contributed by atoms with Gasteiger partial charge in [0.1, 0.15) is 11.5 Å². The van der Waals surface area contributed by atoms with Crippen LogP contribution in [0.2, 0.25) is 0 Å². The van der Waals surface area contributed by atoms with Crippen molar-refractivity contribution < 1.29 is 9.72 Å². The molecule has 28 heavy (non-hydrogen) atoms. The second-order valence-electron chi connectivity index (χ2n) is 7.31. The fourth-order valence-corrected chi connectivity index (χ4v) is 3.33. The zero-order valence-corrected chi connectivity index (χ0v) is 15.6. The zero-order valence-electron chi connectivity index (χ0n) is 15.6. The molecule has 146 valence electrons. The van der Waals surface area contributed by atoms with Gasteiger partial charge in [0, 0.05) is 43.5 Å². The maximum absolute atomic E-state index is 12.4. The van der Waals surface area contributed by atoms with E-state index in [9.17, 15) is 14.9 Å². The minimum atomic E-state index is -0.456. The molecule has 1 aliphatic carbocycles. The topological polar surface area (TPSA) is 100 Å². The highest BCUT2D eigenvalue weighted by Gasteiger charge is 2.25. The maximum Gasteiger partial charge on any atom is 0.293 e. The van der Waals surface area contributed by atoms with E-state index in [1.807, 2.05) is 12.1 Å². The fraction of sp³-hybridized carbons (Fsp3) is 0.400. The first-order valence-corrected chi connectivity index (χ1v) is 9.63. The molecule has 0 unspecified atom stereocenters. The number of carbonyl (C=O) groups is 1. The van der Waals surface area contributed by atoms with Gasteiger partial charge in [0.05, 0.1) is 4.92 Å². The standard InChI is InChI=1S/C20H23N5O3/c26-20(15-4-7-17(23-16-5-6-16)18(11-15)25(27)28)22-13-14-3-8-19(21-12-14)24-9-1-2-10-24/h3-4,7-8,11-12,16,23H,1-2,5-6,9-10,13H2,(H,22,26). The Bertz CT molecular complexity index is 874. The van der Waals surface area contributed by atoms with E-state index >= 15 is 0 Å². The van der Waals surface area contributed by atoms with Crippen molar-refractivity contribution >= 4 is 23.1 Å². The number of carbonyl (C=O) groups excluding carboxylic acids is 1. The van der Waals surface area contributed by atoms with Crippen LogP contribution < -0.4 is 15.5 Å². The van der Waals surface area contributed by atoms with Crippen LogP contribution in [-0.4, -0.2) is 34.9 Å². The maximum atomic E-state index is 12.4. The predicted molar refractivity (Wildman–Crippen MR) is 107 cm³/mol. The molecule has 4 rings (SSSR count). The Morgan fingerprint density at radius 1 is 1.21 bits per heavy atom. The number of nitro benzene ring substituents is 1. The third-order valence-corrected chi connectivity index (χ3v) is 5.09. The Morgan fingerprint density at radius 3 is 2.64 bits per heavy atom. The molecule has 0 spiro atoms. The van der Waals surface area contributed by atoms with Crippen LogP contribution in [0.4, 0.5) is 17.2 Å². The molecular formula is C20H23N5O3. The number of aromatic nitrogens is 1. The third kappa shape index (κ3) is 4.21. The second kappa shape index (κ2) is 7.84. The van der Waals surface area contributed by atoms with Gasteiger partial charge in [0.15, 0.2) is 0 Å². The number of anilines is 2. The van der Waals surface area contributed by atoms with Crippen LogP contribution in [0, 0.1) is 10.1 Å². The molecule has 1 aromatic carbocycles. The van der Waals surface area contributed by atoms with Crippen molar-refractivity contribution in [3.05, 3.63) is 57.8 Å². The molecule has 2 aromatic rings. The highest BCUT2D eigenvalue weighted by molar-refractivity contribution is 5.95. The molecule has 2 N–H and O–H groups in total. The van der Waals surface area contributed by atoms with Crippen LogP contribution in [0.25, 0.3) is 0 Å². The van der Waals surface area contributed by atoms with Crippen molar-refractivity contribution in [2.75, 3.05) is 23.3 Å². The first-order valence-electron chi connectivity index (χ1n) is 9.63. The molecule has 1 saturated heterocycles. The monoisotopic (exact) mass is 381 g/mol. The molecule has 0 bridgehead atoms. The van der Waals surface area contributed by atoms with Gasteiger partial charge in [-0.3, -0.25) is 14.9 Å². The molecule has 0 atom stereocenters. The molecule has 0 radical (unpaired) electrons. The minimum Gasteiger partial charge on any atom is -0.377 e. The van der Waals surface area contributed by atoms with E-state index in [0.29, 0.717) is 18.3 Å². The van der Waals surface area contributed by atoms with Crippen molar-refractivity contribution in [1.29, 1.82) is 0 Å². The lowest BCUT2D eigenvalue weighted by atomic mass is 10.1. The summed E-state index contributed by atoms with van der Waals surface area (Å²) in [6.45, 7) is 2.39. The van der Waals surface area contributed by atoms with Crippen LogP contribution in [0.15, 0.2) is 36.5 Å².